The van der Waals surface area contributed by atoms with Gasteiger partial charge in [0.1, 0.15) is 5.82 Å². The quantitative estimate of drug-likeness (QED) is 0.353. The lowest BCUT2D eigenvalue weighted by atomic mass is 10.1. The predicted octanol–water partition coefficient (Wildman–Crippen LogP) is 2.27. The van der Waals surface area contributed by atoms with Crippen molar-refractivity contribution in [1.29, 1.82) is 0 Å². The number of aliphatic hydroxyl groups excluding tert-OH is 1. The maximum absolute atomic E-state index is 12.8. The molecule has 13 heteroatoms. The van der Waals surface area contributed by atoms with Gasteiger partial charge in [0.15, 0.2) is 5.13 Å². The summed E-state index contributed by atoms with van der Waals surface area (Å²) in [6.45, 7) is -2.20. The van der Waals surface area contributed by atoms with Crippen LogP contribution in [0.3, 0.4) is 0 Å². The van der Waals surface area contributed by atoms with Gasteiger partial charge in [0, 0.05) is 34.1 Å². The van der Waals surface area contributed by atoms with Crippen molar-refractivity contribution in [3.63, 3.8) is 0 Å². The Morgan fingerprint density at radius 3 is 2.81 bits per heavy atom. The first kappa shape index (κ1) is 21.3. The highest BCUT2D eigenvalue weighted by Gasteiger charge is 2.24. The van der Waals surface area contributed by atoms with Gasteiger partial charge in [0.25, 0.3) is 5.91 Å². The SMILES string of the molecule is [2H]C([2H])([2H])[C@@H](CO)NC(=O)c1ccccc1NC(=O)Nc1nc2c(s1)CN(c1cc(OC)nc(OC)n1)CC2. The summed E-state index contributed by atoms with van der Waals surface area (Å²) in [5.74, 6) is 0.274. The van der Waals surface area contributed by atoms with Gasteiger partial charge in [-0.25, -0.2) is 9.78 Å². The molecule has 3 aromatic rings. The van der Waals surface area contributed by atoms with Gasteiger partial charge in [-0.05, 0) is 19.0 Å². The fourth-order valence-electron chi connectivity index (χ4n) is 3.52. The first-order valence-corrected chi connectivity index (χ1v) is 11.7. The van der Waals surface area contributed by atoms with Gasteiger partial charge in [-0.3, -0.25) is 10.1 Å². The summed E-state index contributed by atoms with van der Waals surface area (Å²) in [6, 6.07) is 5.97. The van der Waals surface area contributed by atoms with Crippen molar-refractivity contribution in [2.75, 3.05) is 42.9 Å². The lowest BCUT2D eigenvalue weighted by molar-refractivity contribution is 0.0923. The second-order valence-electron chi connectivity index (χ2n) is 7.65. The summed E-state index contributed by atoms with van der Waals surface area (Å²) in [5, 5.41) is 17.3. The first-order chi connectivity index (χ1) is 18.6. The smallest absolute Gasteiger partial charge is 0.325 e. The number of ether oxygens (including phenoxy) is 2. The average Bonchev–Trinajstić information content (AvgIpc) is 3.32. The van der Waals surface area contributed by atoms with Gasteiger partial charge < -0.3 is 30.1 Å². The number of aliphatic hydroxyl groups is 1. The molecule has 2 aromatic heterocycles. The molecule has 36 heavy (non-hydrogen) atoms. The van der Waals surface area contributed by atoms with Crippen LogP contribution in [0.5, 0.6) is 11.9 Å². The van der Waals surface area contributed by atoms with Crippen molar-refractivity contribution in [2.45, 2.75) is 25.9 Å². The molecule has 0 fully saturated rings. The number of nitrogens with one attached hydrogen (secondary N) is 3. The topological polar surface area (TPSA) is 151 Å². The molecule has 4 rings (SSSR count). The van der Waals surface area contributed by atoms with Gasteiger partial charge in [0.05, 0.1) is 44.3 Å². The molecule has 1 aliphatic rings. The van der Waals surface area contributed by atoms with Gasteiger partial charge >= 0.3 is 12.0 Å². The number of thiazole rings is 1. The van der Waals surface area contributed by atoms with E-state index in [4.69, 9.17) is 13.6 Å². The third-order valence-corrected chi connectivity index (χ3v) is 6.24. The van der Waals surface area contributed by atoms with E-state index >= 15 is 0 Å². The molecule has 0 saturated carbocycles. The van der Waals surface area contributed by atoms with Crippen LogP contribution in [0, 0.1) is 0 Å². The largest absolute Gasteiger partial charge is 0.481 e. The number of anilines is 3. The molecule has 4 N–H and O–H groups in total. The number of fused-ring (bicyclic) bond motifs is 1. The van der Waals surface area contributed by atoms with Crippen molar-refractivity contribution in [1.82, 2.24) is 20.3 Å². The van der Waals surface area contributed by atoms with E-state index in [1.807, 2.05) is 4.90 Å². The van der Waals surface area contributed by atoms with E-state index in [0.717, 1.165) is 10.6 Å². The Balaban J connectivity index is 1.43. The minimum Gasteiger partial charge on any atom is -0.481 e. The van der Waals surface area contributed by atoms with Crippen LogP contribution in [-0.2, 0) is 13.0 Å². The number of aromatic nitrogens is 3. The Morgan fingerprint density at radius 2 is 2.06 bits per heavy atom. The van der Waals surface area contributed by atoms with Crippen LogP contribution in [0.1, 0.15) is 31.9 Å². The lowest BCUT2D eigenvalue weighted by Gasteiger charge is -2.27. The summed E-state index contributed by atoms with van der Waals surface area (Å²) < 4.78 is 32.7. The molecule has 1 atom stereocenters. The van der Waals surface area contributed by atoms with Crippen LogP contribution in [0.25, 0.3) is 0 Å². The minimum atomic E-state index is -2.59. The molecule has 1 aromatic carbocycles. The second kappa shape index (κ2) is 11.2. The van der Waals surface area contributed by atoms with E-state index < -0.39 is 31.4 Å². The molecule has 3 amide bonds. The fraction of sp³-hybridized carbons (Fsp3) is 0.348. The highest BCUT2D eigenvalue weighted by molar-refractivity contribution is 7.15. The molecule has 3 heterocycles. The summed E-state index contributed by atoms with van der Waals surface area (Å²) >= 11 is 1.32. The normalized spacial score (nSPS) is 15.0. The van der Waals surface area contributed by atoms with E-state index in [2.05, 4.69) is 30.9 Å². The summed E-state index contributed by atoms with van der Waals surface area (Å²) in [4.78, 5) is 41.5. The Kier molecular flexibility index (Phi) is 6.62. The Bertz CT molecular complexity index is 1330. The monoisotopic (exact) mass is 516 g/mol. The molecule has 0 aliphatic carbocycles. The lowest BCUT2D eigenvalue weighted by Crippen LogP contribution is -2.35. The minimum absolute atomic E-state index is 0.0418. The van der Waals surface area contributed by atoms with Crippen LogP contribution in [0.2, 0.25) is 0 Å². The summed E-state index contributed by atoms with van der Waals surface area (Å²) in [6.07, 6.45) is 0.627. The van der Waals surface area contributed by atoms with Gasteiger partial charge in [-0.2, -0.15) is 9.97 Å². The van der Waals surface area contributed by atoms with Gasteiger partial charge in [-0.1, -0.05) is 23.5 Å². The average molecular weight is 517 g/mol. The number of carbonyl (C=O) groups is 2. The number of amides is 3. The zero-order valence-electron chi connectivity index (χ0n) is 22.6. The Labute approximate surface area is 215 Å². The van der Waals surface area contributed by atoms with Gasteiger partial charge in [0.2, 0.25) is 5.88 Å². The van der Waals surface area contributed by atoms with Crippen LogP contribution in [0.4, 0.5) is 21.4 Å². The van der Waals surface area contributed by atoms with Crippen LogP contribution >= 0.6 is 11.3 Å². The molecule has 0 radical (unpaired) electrons. The van der Waals surface area contributed by atoms with Crippen molar-refractivity contribution in [2.24, 2.45) is 0 Å². The molecular formula is C23H27N7O5S. The standard InChI is InChI=1S/C23H27N7O5S/c1-13(12-31)24-20(32)14-6-4-5-7-15(14)25-21(33)29-23-26-16-8-9-30(11-17(16)36-23)18-10-19(34-2)28-22(27-18)35-3/h4-7,10,13,31H,8-9,11-12H2,1-3H3,(H,24,32)(H2,25,26,29,33)/t13-/m0/s1/i1D3. The zero-order chi connectivity index (χ0) is 28.2. The molecular weight excluding hydrogens is 486 g/mol. The van der Waals surface area contributed by atoms with Crippen molar-refractivity contribution >= 4 is 39.9 Å². The first-order valence-electron chi connectivity index (χ1n) is 12.4. The predicted molar refractivity (Wildman–Crippen MR) is 135 cm³/mol. The Morgan fingerprint density at radius 1 is 1.22 bits per heavy atom. The van der Waals surface area contributed by atoms with Crippen LogP contribution in [-0.4, -0.2) is 65.4 Å². The number of urea groups is 1. The summed E-state index contributed by atoms with van der Waals surface area (Å²) in [7, 11) is 2.99. The molecule has 1 aliphatic heterocycles. The van der Waals surface area contributed by atoms with Crippen LogP contribution in [0.15, 0.2) is 30.3 Å². The van der Waals surface area contributed by atoms with Crippen molar-refractivity contribution < 1.29 is 28.3 Å². The molecule has 190 valence electrons. The van der Waals surface area contributed by atoms with E-state index in [-0.39, 0.29) is 17.3 Å². The summed E-state index contributed by atoms with van der Waals surface area (Å²) in [5.41, 5.74) is 1.06. The number of methoxy groups -OCH3 is 2. The number of para-hydroxylation sites is 1. The fourth-order valence-corrected chi connectivity index (χ4v) is 4.54. The highest BCUT2D eigenvalue weighted by atomic mass is 32.1. The number of benzene rings is 1. The second-order valence-corrected chi connectivity index (χ2v) is 8.73. The molecule has 0 spiro atoms. The van der Waals surface area contributed by atoms with Crippen molar-refractivity contribution in [3.8, 4) is 11.9 Å². The van der Waals surface area contributed by atoms with E-state index in [1.54, 1.807) is 18.2 Å². The van der Waals surface area contributed by atoms with Crippen molar-refractivity contribution in [3.05, 3.63) is 46.5 Å². The van der Waals surface area contributed by atoms with E-state index in [0.29, 0.717) is 36.3 Å². The van der Waals surface area contributed by atoms with Crippen LogP contribution < -0.4 is 30.3 Å². The third kappa shape index (κ3) is 5.80. The molecule has 0 bridgehead atoms. The number of nitrogens with zero attached hydrogens (tertiary/aromatic N) is 4. The number of hydrogen-bond donors (Lipinski definition) is 4. The van der Waals surface area contributed by atoms with E-state index in [9.17, 15) is 14.7 Å². The number of rotatable bonds is 8. The number of hydrogen-bond acceptors (Lipinski definition) is 10. The highest BCUT2D eigenvalue weighted by Crippen LogP contribution is 2.31. The molecule has 0 unspecified atom stereocenters. The maximum Gasteiger partial charge on any atom is 0.325 e. The number of carbonyl (C=O) groups excluding carboxylic acids is 2. The molecule has 0 saturated heterocycles. The zero-order valence-corrected chi connectivity index (χ0v) is 20.4. The Hall–Kier alpha value is -3.97. The van der Waals surface area contributed by atoms with Gasteiger partial charge in [-0.15, -0.1) is 0 Å². The third-order valence-electron chi connectivity index (χ3n) is 5.24. The maximum atomic E-state index is 12.8. The van der Waals surface area contributed by atoms with E-state index in [1.165, 1.54) is 37.7 Å². The molecule has 12 nitrogen and oxygen atoms in total.